The van der Waals surface area contributed by atoms with Crippen LogP contribution in [-0.2, 0) is 10.0 Å². The second-order valence-electron chi connectivity index (χ2n) is 4.03. The number of hydrogen-bond acceptors (Lipinski definition) is 4. The van der Waals surface area contributed by atoms with Crippen molar-refractivity contribution < 1.29 is 18.3 Å². The van der Waals surface area contributed by atoms with Crippen LogP contribution in [-0.4, -0.2) is 36.9 Å². The largest absolute Gasteiger partial charge is 0.477 e. The smallest absolute Gasteiger partial charge is 0.346 e. The van der Waals surface area contributed by atoms with Gasteiger partial charge in [-0.15, -0.1) is 17.9 Å². The predicted octanol–water partition coefficient (Wildman–Crippen LogP) is 2.34. The molecule has 0 aliphatic heterocycles. The van der Waals surface area contributed by atoms with Gasteiger partial charge in [0.25, 0.3) is 10.0 Å². The van der Waals surface area contributed by atoms with E-state index in [0.717, 1.165) is 11.3 Å². The third-order valence-corrected chi connectivity index (χ3v) is 6.03. The number of rotatable bonds is 7. The fraction of sp³-hybridized carbons (Fsp3) is 0.417. The van der Waals surface area contributed by atoms with Crippen molar-refractivity contribution in [1.82, 2.24) is 4.31 Å². The van der Waals surface area contributed by atoms with Gasteiger partial charge in [0.15, 0.2) is 0 Å². The van der Waals surface area contributed by atoms with Crippen molar-refractivity contribution in [2.45, 2.75) is 24.5 Å². The number of carboxylic acids is 1. The molecule has 5 nitrogen and oxygen atoms in total. The maximum Gasteiger partial charge on any atom is 0.346 e. The highest BCUT2D eigenvalue weighted by molar-refractivity contribution is 7.91. The lowest BCUT2D eigenvalue weighted by Crippen LogP contribution is -2.31. The Balaban J connectivity index is 3.21. The Kier molecular flexibility index (Phi) is 5.28. The minimum absolute atomic E-state index is 0.0635. The van der Waals surface area contributed by atoms with Gasteiger partial charge in [0.05, 0.1) is 0 Å². The van der Waals surface area contributed by atoms with Crippen molar-refractivity contribution >= 4 is 27.3 Å². The normalized spacial score (nSPS) is 11.7. The van der Waals surface area contributed by atoms with E-state index in [0.29, 0.717) is 18.5 Å². The van der Waals surface area contributed by atoms with Gasteiger partial charge in [-0.3, -0.25) is 0 Å². The third-order valence-electron chi connectivity index (χ3n) is 2.49. The average molecular weight is 303 g/mol. The highest BCUT2D eigenvalue weighted by Crippen LogP contribution is 2.28. The fourth-order valence-corrected chi connectivity index (χ4v) is 4.66. The monoisotopic (exact) mass is 303 g/mol. The molecular weight excluding hydrogens is 286 g/mol. The summed E-state index contributed by atoms with van der Waals surface area (Å²) in [6, 6.07) is 1.41. The zero-order chi connectivity index (χ0) is 14.6. The summed E-state index contributed by atoms with van der Waals surface area (Å²) >= 11 is 0.791. The van der Waals surface area contributed by atoms with E-state index in [2.05, 4.69) is 6.58 Å². The molecular formula is C12H17NO4S2. The molecule has 1 aromatic heterocycles. The molecule has 0 radical (unpaired) electrons. The lowest BCUT2D eigenvalue weighted by atomic mass is 10.3. The quantitative estimate of drug-likeness (QED) is 0.785. The van der Waals surface area contributed by atoms with Gasteiger partial charge in [-0.1, -0.05) is 13.0 Å². The number of nitrogens with zero attached hydrogens (tertiary/aromatic N) is 1. The Bertz CT molecular complexity index is 575. The Morgan fingerprint density at radius 2 is 2.21 bits per heavy atom. The van der Waals surface area contributed by atoms with Crippen molar-refractivity contribution in [3.63, 3.8) is 0 Å². The molecule has 0 aliphatic rings. The molecule has 19 heavy (non-hydrogen) atoms. The van der Waals surface area contributed by atoms with Gasteiger partial charge >= 0.3 is 5.97 Å². The molecule has 0 unspecified atom stereocenters. The first-order valence-corrected chi connectivity index (χ1v) is 8.05. The van der Waals surface area contributed by atoms with Gasteiger partial charge in [-0.2, -0.15) is 4.31 Å². The molecule has 106 valence electrons. The zero-order valence-corrected chi connectivity index (χ0v) is 12.6. The number of hydrogen-bond donors (Lipinski definition) is 1. The number of aromatic carboxylic acids is 1. The number of carboxylic acid groups (broad SMARTS) is 1. The number of aryl methyl sites for hydroxylation is 1. The molecule has 0 saturated carbocycles. The van der Waals surface area contributed by atoms with Crippen LogP contribution < -0.4 is 0 Å². The van der Waals surface area contributed by atoms with E-state index in [1.165, 1.54) is 16.4 Å². The lowest BCUT2D eigenvalue weighted by molar-refractivity contribution is 0.0701. The second kappa shape index (κ2) is 6.31. The molecule has 1 N–H and O–H groups in total. The van der Waals surface area contributed by atoms with Gasteiger partial charge in [0, 0.05) is 13.1 Å². The topological polar surface area (TPSA) is 74.7 Å². The van der Waals surface area contributed by atoms with Crippen molar-refractivity contribution in [2.24, 2.45) is 0 Å². The zero-order valence-electron chi connectivity index (χ0n) is 10.9. The first kappa shape index (κ1) is 15.9. The van der Waals surface area contributed by atoms with Crippen LogP contribution in [0.3, 0.4) is 0 Å². The molecule has 1 aromatic rings. The number of thiophene rings is 1. The lowest BCUT2D eigenvalue weighted by Gasteiger charge is -2.18. The minimum atomic E-state index is -3.64. The predicted molar refractivity (Wildman–Crippen MR) is 75.3 cm³/mol. The van der Waals surface area contributed by atoms with E-state index in [-0.39, 0.29) is 15.6 Å². The third kappa shape index (κ3) is 3.43. The summed E-state index contributed by atoms with van der Waals surface area (Å²) in [5, 5.41) is 8.98. The van der Waals surface area contributed by atoms with E-state index in [1.807, 2.05) is 6.92 Å². The van der Waals surface area contributed by atoms with Gasteiger partial charge in [0.1, 0.15) is 9.09 Å². The molecule has 0 amide bonds. The van der Waals surface area contributed by atoms with Crippen LogP contribution in [0.4, 0.5) is 0 Å². The summed E-state index contributed by atoms with van der Waals surface area (Å²) in [6.07, 6.45) is 2.20. The van der Waals surface area contributed by atoms with E-state index in [9.17, 15) is 13.2 Å². The van der Waals surface area contributed by atoms with Crippen molar-refractivity contribution in [3.05, 3.63) is 29.2 Å². The molecule has 0 fully saturated rings. The van der Waals surface area contributed by atoms with Crippen LogP contribution in [0.25, 0.3) is 0 Å². The fourth-order valence-electron chi connectivity index (χ4n) is 1.62. The van der Waals surface area contributed by atoms with E-state index < -0.39 is 16.0 Å². The summed E-state index contributed by atoms with van der Waals surface area (Å²) < 4.78 is 26.2. The first-order chi connectivity index (χ1) is 8.84. The molecule has 0 aliphatic carbocycles. The molecule has 0 atom stereocenters. The Hall–Kier alpha value is -1.18. The average Bonchev–Trinajstić information content (AvgIpc) is 2.72. The Morgan fingerprint density at radius 1 is 1.58 bits per heavy atom. The summed E-state index contributed by atoms with van der Waals surface area (Å²) in [5.74, 6) is -1.10. The van der Waals surface area contributed by atoms with Gasteiger partial charge in [-0.25, -0.2) is 13.2 Å². The Morgan fingerprint density at radius 3 is 2.63 bits per heavy atom. The SMILES string of the molecule is C=CCN(CCC)S(=O)(=O)c1cc(C)c(C(=O)O)s1. The van der Waals surface area contributed by atoms with Crippen molar-refractivity contribution in [2.75, 3.05) is 13.1 Å². The summed E-state index contributed by atoms with van der Waals surface area (Å²) in [7, 11) is -3.64. The standard InChI is InChI=1S/C12H17NO4S2/c1-4-6-13(7-5-2)19(16,17)10-8-9(3)11(18-10)12(14)15/h4,8H,1,5-7H2,2-3H3,(H,14,15). The van der Waals surface area contributed by atoms with Crippen LogP contribution in [0.1, 0.15) is 28.6 Å². The summed E-state index contributed by atoms with van der Waals surface area (Å²) in [5.41, 5.74) is 0.464. The number of carbonyl (C=O) groups is 1. The molecule has 0 saturated heterocycles. The second-order valence-corrected chi connectivity index (χ2v) is 7.25. The first-order valence-electron chi connectivity index (χ1n) is 5.79. The van der Waals surface area contributed by atoms with Crippen molar-refractivity contribution in [1.29, 1.82) is 0 Å². The Labute approximate surface area is 117 Å². The molecule has 0 bridgehead atoms. The van der Waals surface area contributed by atoms with Gasteiger partial charge in [0.2, 0.25) is 0 Å². The molecule has 1 heterocycles. The highest BCUT2D eigenvalue weighted by Gasteiger charge is 2.27. The molecule has 0 aromatic carbocycles. The maximum atomic E-state index is 12.4. The van der Waals surface area contributed by atoms with Crippen LogP contribution in [0.2, 0.25) is 0 Å². The van der Waals surface area contributed by atoms with Crippen LogP contribution in [0.5, 0.6) is 0 Å². The van der Waals surface area contributed by atoms with Crippen LogP contribution in [0, 0.1) is 6.92 Å². The molecule has 0 spiro atoms. The van der Waals surface area contributed by atoms with Gasteiger partial charge in [-0.05, 0) is 25.0 Å². The summed E-state index contributed by atoms with van der Waals surface area (Å²) in [4.78, 5) is 11.0. The van der Waals surface area contributed by atoms with Gasteiger partial charge < -0.3 is 5.11 Å². The molecule has 1 rings (SSSR count). The summed E-state index contributed by atoms with van der Waals surface area (Å²) in [6.45, 7) is 7.62. The number of sulfonamides is 1. The maximum absolute atomic E-state index is 12.4. The van der Waals surface area contributed by atoms with E-state index >= 15 is 0 Å². The highest BCUT2D eigenvalue weighted by atomic mass is 32.2. The minimum Gasteiger partial charge on any atom is -0.477 e. The van der Waals surface area contributed by atoms with E-state index in [1.54, 1.807) is 6.92 Å². The van der Waals surface area contributed by atoms with Crippen LogP contribution in [0.15, 0.2) is 22.9 Å². The van der Waals surface area contributed by atoms with Crippen LogP contribution >= 0.6 is 11.3 Å². The van der Waals surface area contributed by atoms with E-state index in [4.69, 9.17) is 5.11 Å². The molecule has 7 heteroatoms. The van der Waals surface area contributed by atoms with Crippen molar-refractivity contribution in [3.8, 4) is 0 Å².